The second-order valence-electron chi connectivity index (χ2n) is 5.23. The van der Waals surface area contributed by atoms with Gasteiger partial charge in [0.05, 0.1) is 6.26 Å². The van der Waals surface area contributed by atoms with Gasteiger partial charge in [0.2, 0.25) is 5.71 Å². The number of pyridine rings is 1. The van der Waals surface area contributed by atoms with Crippen LogP contribution < -0.4 is 5.32 Å². The van der Waals surface area contributed by atoms with Crippen LogP contribution >= 0.6 is 0 Å². The maximum atomic E-state index is 12.1. The molecule has 3 rings (SSSR count). The lowest BCUT2D eigenvalue weighted by molar-refractivity contribution is -0.124. The van der Waals surface area contributed by atoms with Crippen molar-refractivity contribution in [1.82, 2.24) is 10.3 Å². The summed E-state index contributed by atoms with van der Waals surface area (Å²) in [4.78, 5) is 20.9. The highest BCUT2D eigenvalue weighted by Crippen LogP contribution is 2.26. The van der Waals surface area contributed by atoms with E-state index in [1.165, 1.54) is 0 Å². The highest BCUT2D eigenvalue weighted by Gasteiger charge is 2.42. The molecule has 2 aromatic rings. The Morgan fingerprint density at radius 1 is 1.32 bits per heavy atom. The first-order chi connectivity index (χ1) is 9.00. The van der Waals surface area contributed by atoms with Crippen LogP contribution in [0.2, 0.25) is 0 Å². The number of amidine groups is 1. The van der Waals surface area contributed by atoms with E-state index in [-0.39, 0.29) is 11.8 Å². The average molecular weight is 257 g/mol. The number of hydrogen-bond acceptors (Lipinski definition) is 4. The fourth-order valence-corrected chi connectivity index (χ4v) is 2.03. The molecule has 0 spiro atoms. The van der Waals surface area contributed by atoms with Crippen molar-refractivity contribution in [3.8, 4) is 0 Å². The molecular formula is C14H15N3O2. The largest absolute Gasteiger partial charge is 0.446 e. The van der Waals surface area contributed by atoms with Crippen LogP contribution in [0.15, 0.2) is 33.9 Å². The molecule has 98 valence electrons. The minimum Gasteiger partial charge on any atom is -0.446 e. The van der Waals surface area contributed by atoms with E-state index in [1.54, 1.807) is 6.26 Å². The molecule has 1 N–H and O–H groups in total. The fourth-order valence-electron chi connectivity index (χ4n) is 2.03. The monoisotopic (exact) mass is 257 g/mol. The van der Waals surface area contributed by atoms with Crippen molar-refractivity contribution in [2.45, 2.75) is 26.3 Å². The number of furan rings is 1. The second-order valence-corrected chi connectivity index (χ2v) is 5.23. The third-order valence-electron chi connectivity index (χ3n) is 3.72. The van der Waals surface area contributed by atoms with Crippen molar-refractivity contribution < 1.29 is 9.21 Å². The molecule has 0 aliphatic carbocycles. The number of fused-ring (bicyclic) bond motifs is 1. The molecule has 1 aliphatic heterocycles. The predicted octanol–water partition coefficient (Wildman–Crippen LogP) is 2.12. The lowest BCUT2D eigenvalue weighted by atomic mass is 9.89. The quantitative estimate of drug-likeness (QED) is 0.896. The van der Waals surface area contributed by atoms with Gasteiger partial charge in [-0.3, -0.25) is 4.79 Å². The molecule has 0 aromatic carbocycles. The van der Waals surface area contributed by atoms with E-state index in [4.69, 9.17) is 4.42 Å². The number of aliphatic imine (C=N–C) groups is 1. The van der Waals surface area contributed by atoms with E-state index in [9.17, 15) is 4.79 Å². The lowest BCUT2D eigenvalue weighted by Gasteiger charge is -2.21. The summed E-state index contributed by atoms with van der Waals surface area (Å²) < 4.78 is 5.27. The van der Waals surface area contributed by atoms with E-state index >= 15 is 0 Å². The summed E-state index contributed by atoms with van der Waals surface area (Å²) in [6.45, 7) is 5.80. The van der Waals surface area contributed by atoms with Gasteiger partial charge in [-0.2, -0.15) is 0 Å². The van der Waals surface area contributed by atoms with Crippen molar-refractivity contribution in [3.05, 3.63) is 30.2 Å². The molecule has 0 radical (unpaired) electrons. The molecule has 1 amide bonds. The van der Waals surface area contributed by atoms with Crippen LogP contribution in [0.25, 0.3) is 11.1 Å². The van der Waals surface area contributed by atoms with Crippen LogP contribution in [-0.4, -0.2) is 22.3 Å². The molecular weight excluding hydrogens is 242 g/mol. The molecule has 1 atom stereocenters. The van der Waals surface area contributed by atoms with Crippen LogP contribution in [0.4, 0.5) is 0 Å². The molecule has 19 heavy (non-hydrogen) atoms. The van der Waals surface area contributed by atoms with Crippen molar-refractivity contribution in [1.29, 1.82) is 0 Å². The number of nitrogens with zero attached hydrogens (tertiary/aromatic N) is 2. The minimum absolute atomic E-state index is 0.0844. The van der Waals surface area contributed by atoms with Gasteiger partial charge < -0.3 is 9.73 Å². The highest BCUT2D eigenvalue weighted by atomic mass is 16.3. The molecule has 0 bridgehead atoms. The number of hydrogen-bond donors (Lipinski definition) is 1. The number of rotatable bonds is 2. The first kappa shape index (κ1) is 11.9. The second kappa shape index (κ2) is 3.91. The van der Waals surface area contributed by atoms with E-state index < -0.39 is 5.54 Å². The van der Waals surface area contributed by atoms with E-state index in [2.05, 4.69) is 15.3 Å². The van der Waals surface area contributed by atoms with Crippen LogP contribution in [0, 0.1) is 5.92 Å². The summed E-state index contributed by atoms with van der Waals surface area (Å²) >= 11 is 0. The standard InChI is InChI=1S/C14H15N3O2/c1-8(2)14(3)13(18)16-11(17-14)10-5-4-9-6-7-19-12(9)15-10/h4-8H,1-3H3,(H,16,17,18). The van der Waals surface area contributed by atoms with Gasteiger partial charge in [-0.25, -0.2) is 9.98 Å². The van der Waals surface area contributed by atoms with Gasteiger partial charge in [-0.1, -0.05) is 13.8 Å². The number of carbonyl (C=O) groups is 1. The Morgan fingerprint density at radius 3 is 2.79 bits per heavy atom. The topological polar surface area (TPSA) is 67.5 Å². The van der Waals surface area contributed by atoms with E-state index in [0.29, 0.717) is 17.2 Å². The smallest absolute Gasteiger partial charge is 0.253 e. The first-order valence-corrected chi connectivity index (χ1v) is 6.26. The molecule has 5 nitrogen and oxygen atoms in total. The van der Waals surface area contributed by atoms with Gasteiger partial charge in [0.1, 0.15) is 11.2 Å². The van der Waals surface area contributed by atoms with Gasteiger partial charge in [-0.15, -0.1) is 0 Å². The summed E-state index contributed by atoms with van der Waals surface area (Å²) in [6.07, 6.45) is 1.59. The summed E-state index contributed by atoms with van der Waals surface area (Å²) in [5, 5.41) is 3.74. The zero-order valence-electron chi connectivity index (χ0n) is 11.1. The van der Waals surface area contributed by atoms with Crippen LogP contribution in [0.5, 0.6) is 0 Å². The molecule has 3 heterocycles. The Bertz CT molecular complexity index is 687. The molecule has 0 saturated carbocycles. The molecule has 0 fully saturated rings. The van der Waals surface area contributed by atoms with Crippen LogP contribution in [0.1, 0.15) is 26.5 Å². The van der Waals surface area contributed by atoms with Gasteiger partial charge >= 0.3 is 0 Å². The normalized spacial score (nSPS) is 22.9. The summed E-state index contributed by atoms with van der Waals surface area (Å²) in [6, 6.07) is 5.59. The predicted molar refractivity (Wildman–Crippen MR) is 71.9 cm³/mol. The molecule has 5 heteroatoms. The Labute approximate surface area is 110 Å². The molecule has 0 saturated heterocycles. The Morgan fingerprint density at radius 2 is 2.11 bits per heavy atom. The van der Waals surface area contributed by atoms with Gasteiger partial charge in [-0.05, 0) is 31.0 Å². The van der Waals surface area contributed by atoms with Gasteiger partial charge in [0.25, 0.3) is 5.91 Å². The molecule has 1 unspecified atom stereocenters. The first-order valence-electron chi connectivity index (χ1n) is 6.26. The number of amides is 1. The SMILES string of the molecule is CC(C)C1(C)N=C(c2ccc3ccoc3n2)NC1=O. The van der Waals surface area contributed by atoms with Crippen molar-refractivity contribution in [2.75, 3.05) is 0 Å². The zero-order valence-corrected chi connectivity index (χ0v) is 11.1. The number of aromatic nitrogens is 1. The summed E-state index contributed by atoms with van der Waals surface area (Å²) in [5.41, 5.74) is 0.447. The highest BCUT2D eigenvalue weighted by molar-refractivity contribution is 6.14. The third kappa shape index (κ3) is 1.73. The van der Waals surface area contributed by atoms with E-state index in [0.717, 1.165) is 5.39 Å². The van der Waals surface area contributed by atoms with Crippen molar-refractivity contribution >= 4 is 22.8 Å². The van der Waals surface area contributed by atoms with E-state index in [1.807, 2.05) is 39.0 Å². The van der Waals surface area contributed by atoms with Crippen LogP contribution in [0.3, 0.4) is 0 Å². The van der Waals surface area contributed by atoms with Crippen molar-refractivity contribution in [3.63, 3.8) is 0 Å². The fraction of sp³-hybridized carbons (Fsp3) is 0.357. The lowest BCUT2D eigenvalue weighted by Crippen LogP contribution is -2.41. The Balaban J connectivity index is 2.05. The molecule has 1 aliphatic rings. The maximum absolute atomic E-state index is 12.1. The average Bonchev–Trinajstić information content (AvgIpc) is 2.94. The van der Waals surface area contributed by atoms with Crippen molar-refractivity contribution in [2.24, 2.45) is 10.9 Å². The Kier molecular flexibility index (Phi) is 2.45. The Hall–Kier alpha value is -2.17. The number of carbonyl (C=O) groups excluding carboxylic acids is 1. The summed E-state index contributed by atoms with van der Waals surface area (Å²) in [7, 11) is 0. The van der Waals surface area contributed by atoms with Gasteiger partial charge in [0.15, 0.2) is 5.84 Å². The van der Waals surface area contributed by atoms with Crippen LogP contribution in [-0.2, 0) is 4.79 Å². The minimum atomic E-state index is -0.727. The third-order valence-corrected chi connectivity index (χ3v) is 3.72. The number of nitrogens with one attached hydrogen (secondary N) is 1. The molecule has 2 aromatic heterocycles. The van der Waals surface area contributed by atoms with Gasteiger partial charge in [0, 0.05) is 5.39 Å². The maximum Gasteiger partial charge on any atom is 0.253 e. The zero-order chi connectivity index (χ0) is 13.6. The summed E-state index contributed by atoms with van der Waals surface area (Å²) in [5.74, 6) is 0.552.